The number of rotatable bonds is 7. The van der Waals surface area contributed by atoms with Gasteiger partial charge in [-0.25, -0.2) is 0 Å². The van der Waals surface area contributed by atoms with Crippen molar-refractivity contribution in [3.8, 4) is 0 Å². The molecule has 122 valence electrons. The second-order valence-corrected chi connectivity index (χ2v) is 5.98. The smallest absolute Gasteiger partial charge is 0.234 e. The first-order valence-corrected chi connectivity index (χ1v) is 8.02. The molecule has 1 aromatic carbocycles. The molecule has 0 bridgehead atoms. The molecular weight excluding hydrogens is 278 g/mol. The van der Waals surface area contributed by atoms with E-state index >= 15 is 0 Å². The summed E-state index contributed by atoms with van der Waals surface area (Å²) in [5, 5.41) is 6.27. The van der Waals surface area contributed by atoms with E-state index in [0.717, 1.165) is 37.3 Å². The fourth-order valence-electron chi connectivity index (χ4n) is 2.35. The van der Waals surface area contributed by atoms with Crippen molar-refractivity contribution in [1.82, 2.24) is 15.5 Å². The average molecular weight is 305 g/mol. The van der Waals surface area contributed by atoms with Crippen LogP contribution in [-0.4, -0.2) is 49.6 Å². The summed E-state index contributed by atoms with van der Waals surface area (Å²) in [6.07, 6.45) is 0.240. The zero-order chi connectivity index (χ0) is 15.8. The molecule has 22 heavy (non-hydrogen) atoms. The van der Waals surface area contributed by atoms with Gasteiger partial charge < -0.3 is 15.4 Å². The molecule has 1 amide bonds. The highest BCUT2D eigenvalue weighted by Crippen LogP contribution is 2.07. The summed E-state index contributed by atoms with van der Waals surface area (Å²) in [5.74, 6) is 0.0918. The fraction of sp³-hybridized carbons (Fsp3) is 0.588. The monoisotopic (exact) mass is 305 g/mol. The maximum atomic E-state index is 11.9. The van der Waals surface area contributed by atoms with E-state index in [9.17, 15) is 4.79 Å². The zero-order valence-electron chi connectivity index (χ0n) is 13.6. The Kier molecular flexibility index (Phi) is 6.83. The molecule has 0 atom stereocenters. The first kappa shape index (κ1) is 16.9. The van der Waals surface area contributed by atoms with E-state index in [2.05, 4.69) is 27.7 Å². The topological polar surface area (TPSA) is 53.6 Å². The number of benzene rings is 1. The second kappa shape index (κ2) is 8.88. The molecule has 5 nitrogen and oxygen atoms in total. The molecular formula is C17H27N3O2. The molecule has 1 aliphatic heterocycles. The van der Waals surface area contributed by atoms with Gasteiger partial charge in [-0.05, 0) is 25.0 Å². The van der Waals surface area contributed by atoms with Crippen LogP contribution in [0.25, 0.3) is 0 Å². The Hall–Kier alpha value is -1.43. The number of hydrogen-bond acceptors (Lipinski definition) is 4. The molecule has 1 fully saturated rings. The molecule has 1 aliphatic rings. The van der Waals surface area contributed by atoms with Gasteiger partial charge in [0.05, 0.1) is 19.3 Å². The predicted molar refractivity (Wildman–Crippen MR) is 87.5 cm³/mol. The lowest BCUT2D eigenvalue weighted by Gasteiger charge is -2.26. The van der Waals surface area contributed by atoms with Crippen LogP contribution in [0.1, 0.15) is 25.0 Å². The minimum Gasteiger partial charge on any atom is -0.374 e. The van der Waals surface area contributed by atoms with E-state index in [1.165, 1.54) is 0 Å². The Labute approximate surface area is 133 Å². The quantitative estimate of drug-likeness (QED) is 0.793. The fourth-order valence-corrected chi connectivity index (χ4v) is 2.35. The van der Waals surface area contributed by atoms with Crippen LogP contribution in [0, 0.1) is 0 Å². The number of amides is 1. The summed E-state index contributed by atoms with van der Waals surface area (Å²) < 4.78 is 5.57. The summed E-state index contributed by atoms with van der Waals surface area (Å²) in [4.78, 5) is 14.1. The number of ether oxygens (including phenoxy) is 1. The number of nitrogens with zero attached hydrogens (tertiary/aromatic N) is 1. The predicted octanol–water partition coefficient (Wildman–Crippen LogP) is 1.13. The van der Waals surface area contributed by atoms with Crippen LogP contribution in [0.4, 0.5) is 0 Å². The normalized spacial score (nSPS) is 16.0. The van der Waals surface area contributed by atoms with Gasteiger partial charge in [0.15, 0.2) is 0 Å². The summed E-state index contributed by atoms with van der Waals surface area (Å²) >= 11 is 0. The molecule has 0 aliphatic carbocycles. The number of piperazine rings is 1. The highest BCUT2D eigenvalue weighted by molar-refractivity contribution is 5.78. The van der Waals surface area contributed by atoms with Crippen molar-refractivity contribution in [3.05, 3.63) is 35.4 Å². The summed E-state index contributed by atoms with van der Waals surface area (Å²) in [5.41, 5.74) is 2.27. The van der Waals surface area contributed by atoms with Crippen LogP contribution in [0.3, 0.4) is 0 Å². The lowest BCUT2D eigenvalue weighted by atomic mass is 10.1. The summed E-state index contributed by atoms with van der Waals surface area (Å²) in [6.45, 7) is 9.58. The first-order chi connectivity index (χ1) is 10.6. The molecule has 0 saturated carbocycles. The third-order valence-electron chi connectivity index (χ3n) is 3.67. The summed E-state index contributed by atoms with van der Waals surface area (Å²) in [7, 11) is 0. The molecule has 1 heterocycles. The van der Waals surface area contributed by atoms with Crippen molar-refractivity contribution < 1.29 is 9.53 Å². The van der Waals surface area contributed by atoms with Crippen LogP contribution in [0.2, 0.25) is 0 Å². The van der Waals surface area contributed by atoms with E-state index in [4.69, 9.17) is 4.74 Å². The molecule has 0 aromatic heterocycles. The average Bonchev–Trinajstić information content (AvgIpc) is 2.53. The number of carbonyl (C=O) groups excluding carboxylic acids is 1. The largest absolute Gasteiger partial charge is 0.374 e. The van der Waals surface area contributed by atoms with Crippen molar-refractivity contribution >= 4 is 5.91 Å². The molecule has 0 spiro atoms. The Balaban J connectivity index is 1.70. The maximum absolute atomic E-state index is 11.9. The van der Waals surface area contributed by atoms with Crippen molar-refractivity contribution in [3.63, 3.8) is 0 Å². The van der Waals surface area contributed by atoms with Gasteiger partial charge in [0.1, 0.15) is 0 Å². The number of carbonyl (C=O) groups is 1. The van der Waals surface area contributed by atoms with Gasteiger partial charge in [0.25, 0.3) is 0 Å². The second-order valence-electron chi connectivity index (χ2n) is 5.98. The lowest BCUT2D eigenvalue weighted by Crippen LogP contribution is -2.47. The maximum Gasteiger partial charge on any atom is 0.234 e. The Morgan fingerprint density at radius 3 is 2.50 bits per heavy atom. The van der Waals surface area contributed by atoms with Crippen LogP contribution in [-0.2, 0) is 22.7 Å². The van der Waals surface area contributed by atoms with Crippen molar-refractivity contribution in [2.45, 2.75) is 33.1 Å². The van der Waals surface area contributed by atoms with Gasteiger partial charge in [-0.15, -0.1) is 0 Å². The van der Waals surface area contributed by atoms with Crippen LogP contribution >= 0.6 is 0 Å². The van der Waals surface area contributed by atoms with Gasteiger partial charge in [0, 0.05) is 32.7 Å². The van der Waals surface area contributed by atoms with Gasteiger partial charge >= 0.3 is 0 Å². The molecule has 2 N–H and O–H groups in total. The molecule has 0 radical (unpaired) electrons. The third-order valence-corrected chi connectivity index (χ3v) is 3.67. The van der Waals surface area contributed by atoms with Gasteiger partial charge in [0.2, 0.25) is 5.91 Å². The highest BCUT2D eigenvalue weighted by Gasteiger charge is 2.12. The van der Waals surface area contributed by atoms with E-state index in [-0.39, 0.29) is 12.0 Å². The Bertz CT molecular complexity index is 453. The highest BCUT2D eigenvalue weighted by atomic mass is 16.5. The lowest BCUT2D eigenvalue weighted by molar-refractivity contribution is -0.122. The minimum atomic E-state index is 0.0918. The molecule has 1 saturated heterocycles. The Morgan fingerprint density at radius 2 is 1.86 bits per heavy atom. The van der Waals surface area contributed by atoms with Gasteiger partial charge in [-0.1, -0.05) is 24.3 Å². The standard InChI is InChI=1S/C17H27N3O2/c1-14(2)22-13-16-5-3-15(4-6-16)11-19-17(21)12-20-9-7-18-8-10-20/h3-6,14,18H,7-13H2,1-2H3,(H,19,21). The van der Waals surface area contributed by atoms with Gasteiger partial charge in [-0.2, -0.15) is 0 Å². The van der Waals surface area contributed by atoms with Crippen molar-refractivity contribution in [2.24, 2.45) is 0 Å². The van der Waals surface area contributed by atoms with E-state index < -0.39 is 0 Å². The van der Waals surface area contributed by atoms with E-state index in [1.807, 2.05) is 26.0 Å². The number of nitrogens with one attached hydrogen (secondary N) is 2. The minimum absolute atomic E-state index is 0.0918. The van der Waals surface area contributed by atoms with Crippen LogP contribution in [0.15, 0.2) is 24.3 Å². The SMILES string of the molecule is CC(C)OCc1ccc(CNC(=O)CN2CCNCC2)cc1. The van der Waals surface area contributed by atoms with E-state index in [1.54, 1.807) is 0 Å². The Morgan fingerprint density at radius 1 is 1.23 bits per heavy atom. The van der Waals surface area contributed by atoms with Gasteiger partial charge in [-0.3, -0.25) is 9.69 Å². The molecule has 2 rings (SSSR count). The molecule has 1 aromatic rings. The van der Waals surface area contributed by atoms with E-state index in [0.29, 0.717) is 19.7 Å². The third kappa shape index (κ3) is 6.13. The molecule has 5 heteroatoms. The summed E-state index contributed by atoms with van der Waals surface area (Å²) in [6, 6.07) is 8.20. The molecule has 0 unspecified atom stereocenters. The number of hydrogen-bond donors (Lipinski definition) is 2. The van der Waals surface area contributed by atoms with Crippen LogP contribution < -0.4 is 10.6 Å². The zero-order valence-corrected chi connectivity index (χ0v) is 13.6. The van der Waals surface area contributed by atoms with Crippen molar-refractivity contribution in [2.75, 3.05) is 32.7 Å². The van der Waals surface area contributed by atoms with Crippen molar-refractivity contribution in [1.29, 1.82) is 0 Å². The van der Waals surface area contributed by atoms with Crippen LogP contribution in [0.5, 0.6) is 0 Å². The first-order valence-electron chi connectivity index (χ1n) is 8.02.